The van der Waals surface area contributed by atoms with Crippen molar-refractivity contribution in [1.82, 2.24) is 0 Å². The molecule has 2 heterocycles. The third-order valence-electron chi connectivity index (χ3n) is 8.51. The molecule has 0 radical (unpaired) electrons. The molecule has 0 amide bonds. The quantitative estimate of drug-likeness (QED) is 0.232. The first-order chi connectivity index (χ1) is 15.5. The molecule has 0 aromatic rings. The van der Waals surface area contributed by atoms with Crippen LogP contribution in [-0.4, -0.2) is 110 Å². The molecule has 10 heteroatoms. The van der Waals surface area contributed by atoms with Crippen LogP contribution >= 0.6 is 0 Å². The summed E-state index contributed by atoms with van der Waals surface area (Å²) in [6.45, 7) is 6.71. The van der Waals surface area contributed by atoms with Crippen molar-refractivity contribution in [3.05, 3.63) is 0 Å². The highest BCUT2D eigenvalue weighted by atomic mass is 16.7. The van der Waals surface area contributed by atoms with Crippen LogP contribution < -0.4 is 0 Å². The molecule has 192 valence electrons. The lowest BCUT2D eigenvalue weighted by atomic mass is 9.49. The number of rotatable bonds is 10. The maximum absolute atomic E-state index is 11.7. The Balaban J connectivity index is 1.55. The van der Waals surface area contributed by atoms with E-state index in [4.69, 9.17) is 18.9 Å². The molecular formula is C23H40O10. The SMILES string of the molecule is CCC(CC)O[C@H]1C(O)C(CO)O[C@H](O[C@@H]2C(O)C3(CO)OC(C(C)(C)C4CC4)[C@@]23O)C1O. The molecule has 2 saturated heterocycles. The van der Waals surface area contributed by atoms with E-state index >= 15 is 0 Å². The lowest BCUT2D eigenvalue weighted by Gasteiger charge is -2.75. The van der Waals surface area contributed by atoms with Crippen LogP contribution in [0.25, 0.3) is 0 Å². The largest absolute Gasteiger partial charge is 0.394 e. The van der Waals surface area contributed by atoms with Gasteiger partial charge >= 0.3 is 0 Å². The zero-order valence-corrected chi connectivity index (χ0v) is 19.8. The van der Waals surface area contributed by atoms with E-state index in [2.05, 4.69) is 0 Å². The Morgan fingerprint density at radius 3 is 2.21 bits per heavy atom. The highest BCUT2D eigenvalue weighted by molar-refractivity contribution is 5.35. The molecule has 10 nitrogen and oxygen atoms in total. The molecule has 0 spiro atoms. The van der Waals surface area contributed by atoms with Crippen molar-refractivity contribution in [1.29, 1.82) is 0 Å². The first-order valence-electron chi connectivity index (χ1n) is 12.2. The summed E-state index contributed by atoms with van der Waals surface area (Å²) < 4.78 is 23.4. The maximum atomic E-state index is 11.7. The molecule has 0 aromatic heterocycles. The summed E-state index contributed by atoms with van der Waals surface area (Å²) in [5.41, 5.74) is -3.66. The van der Waals surface area contributed by atoms with Crippen molar-refractivity contribution in [2.75, 3.05) is 13.2 Å². The van der Waals surface area contributed by atoms with Crippen LogP contribution in [0.4, 0.5) is 0 Å². The molecule has 4 rings (SSSR count). The van der Waals surface area contributed by atoms with E-state index in [9.17, 15) is 30.6 Å². The molecule has 6 N–H and O–H groups in total. The van der Waals surface area contributed by atoms with Gasteiger partial charge in [-0.05, 0) is 37.0 Å². The van der Waals surface area contributed by atoms with Gasteiger partial charge in [0.2, 0.25) is 0 Å². The lowest BCUT2D eigenvalue weighted by molar-refractivity contribution is -0.510. The van der Waals surface area contributed by atoms with E-state index in [1.165, 1.54) is 0 Å². The van der Waals surface area contributed by atoms with Gasteiger partial charge in [-0.15, -0.1) is 0 Å². The molecule has 6 unspecified atom stereocenters. The molecule has 10 atom stereocenters. The minimum atomic E-state index is -1.69. The fourth-order valence-electron chi connectivity index (χ4n) is 6.01. The minimum Gasteiger partial charge on any atom is -0.394 e. The summed E-state index contributed by atoms with van der Waals surface area (Å²) >= 11 is 0. The average molecular weight is 477 g/mol. The fourth-order valence-corrected chi connectivity index (χ4v) is 6.01. The van der Waals surface area contributed by atoms with Crippen molar-refractivity contribution < 1.29 is 49.6 Å². The Morgan fingerprint density at radius 1 is 1.06 bits per heavy atom. The van der Waals surface area contributed by atoms with Crippen LogP contribution in [-0.2, 0) is 18.9 Å². The zero-order chi connectivity index (χ0) is 24.3. The lowest BCUT2D eigenvalue weighted by Crippen LogP contribution is -2.97. The first-order valence-corrected chi connectivity index (χ1v) is 12.2. The molecule has 0 bridgehead atoms. The number of hydrogen-bond donors (Lipinski definition) is 6. The molecule has 2 aliphatic carbocycles. The van der Waals surface area contributed by atoms with E-state index in [1.54, 1.807) is 0 Å². The van der Waals surface area contributed by atoms with Crippen LogP contribution in [0, 0.1) is 11.3 Å². The van der Waals surface area contributed by atoms with Gasteiger partial charge in [-0.2, -0.15) is 0 Å². The standard InChI is InChI=1S/C23H40O10/c1-5-12(6-2)30-16-14(26)13(9-24)31-19(15(16)27)32-18-17(28)22(10-25)23(18,29)20(33-22)21(3,4)11-7-8-11/h11-20,24-29H,5-10H2,1-4H3/t13?,14?,15?,16-,17?,18+,19+,20?,22?,23-/m0/s1. The number of ether oxygens (including phenoxy) is 4. The van der Waals surface area contributed by atoms with Crippen LogP contribution in [0.3, 0.4) is 0 Å². The third kappa shape index (κ3) is 3.61. The van der Waals surface area contributed by atoms with Crippen LogP contribution in [0.15, 0.2) is 0 Å². The average Bonchev–Trinajstić information content (AvgIpc) is 3.64. The van der Waals surface area contributed by atoms with Crippen LogP contribution in [0.2, 0.25) is 0 Å². The number of fused-ring (bicyclic) bond motifs is 1. The highest BCUT2D eigenvalue weighted by Gasteiger charge is 2.87. The third-order valence-corrected chi connectivity index (χ3v) is 8.51. The Labute approximate surface area is 194 Å². The van der Waals surface area contributed by atoms with Crippen LogP contribution in [0.5, 0.6) is 0 Å². The molecule has 4 fully saturated rings. The second-order valence-corrected chi connectivity index (χ2v) is 10.7. The van der Waals surface area contributed by atoms with Crippen molar-refractivity contribution in [3.63, 3.8) is 0 Å². The Morgan fingerprint density at radius 2 is 1.70 bits per heavy atom. The molecular weight excluding hydrogens is 436 g/mol. The van der Waals surface area contributed by atoms with Crippen molar-refractivity contribution in [2.24, 2.45) is 11.3 Å². The smallest absolute Gasteiger partial charge is 0.187 e. The van der Waals surface area contributed by atoms with Gasteiger partial charge in [0.05, 0.1) is 25.4 Å². The summed E-state index contributed by atoms with van der Waals surface area (Å²) in [4.78, 5) is 0. The Bertz CT molecular complexity index is 697. The Kier molecular flexibility index (Phi) is 6.94. The highest BCUT2D eigenvalue weighted by Crippen LogP contribution is 2.66. The van der Waals surface area contributed by atoms with Gasteiger partial charge in [-0.3, -0.25) is 0 Å². The van der Waals surface area contributed by atoms with Gasteiger partial charge in [0.15, 0.2) is 17.5 Å². The van der Waals surface area contributed by atoms with Gasteiger partial charge in [0, 0.05) is 0 Å². The topological polar surface area (TPSA) is 158 Å². The van der Waals surface area contributed by atoms with Crippen LogP contribution in [0.1, 0.15) is 53.4 Å². The van der Waals surface area contributed by atoms with Gasteiger partial charge in [0.25, 0.3) is 0 Å². The van der Waals surface area contributed by atoms with E-state index < -0.39 is 78.8 Å². The van der Waals surface area contributed by atoms with Gasteiger partial charge in [-0.25, -0.2) is 0 Å². The Hall–Kier alpha value is -0.400. The number of aliphatic hydroxyl groups excluding tert-OH is 5. The van der Waals surface area contributed by atoms with Gasteiger partial charge in [0.1, 0.15) is 36.6 Å². The molecule has 33 heavy (non-hydrogen) atoms. The summed E-state index contributed by atoms with van der Waals surface area (Å²) in [5.74, 6) is 0.352. The molecule has 4 aliphatic rings. The van der Waals surface area contributed by atoms with Crippen molar-refractivity contribution >= 4 is 0 Å². The fraction of sp³-hybridized carbons (Fsp3) is 1.00. The van der Waals surface area contributed by atoms with Gasteiger partial charge < -0.3 is 49.6 Å². The zero-order valence-electron chi connectivity index (χ0n) is 19.8. The molecule has 2 saturated carbocycles. The number of aliphatic hydroxyl groups is 6. The normalized spacial score (nSPS) is 47.7. The van der Waals surface area contributed by atoms with Gasteiger partial charge in [-0.1, -0.05) is 27.7 Å². The van der Waals surface area contributed by atoms with E-state index in [0.717, 1.165) is 12.8 Å². The summed E-state index contributed by atoms with van der Waals surface area (Å²) in [6.07, 6.45) is -6.37. The number of hydrogen-bond acceptors (Lipinski definition) is 10. The summed E-state index contributed by atoms with van der Waals surface area (Å²) in [5, 5.41) is 63.7. The summed E-state index contributed by atoms with van der Waals surface area (Å²) in [6, 6.07) is 0. The second-order valence-electron chi connectivity index (χ2n) is 10.7. The molecule has 2 aliphatic heterocycles. The van der Waals surface area contributed by atoms with E-state index in [1.807, 2.05) is 27.7 Å². The monoisotopic (exact) mass is 476 g/mol. The van der Waals surface area contributed by atoms with E-state index in [-0.39, 0.29) is 6.10 Å². The minimum absolute atomic E-state index is 0.221. The van der Waals surface area contributed by atoms with Crippen molar-refractivity contribution in [2.45, 2.75) is 120 Å². The molecule has 0 aromatic carbocycles. The predicted octanol–water partition coefficient (Wildman–Crippen LogP) is -0.944. The van der Waals surface area contributed by atoms with Crippen molar-refractivity contribution in [3.8, 4) is 0 Å². The first kappa shape index (κ1) is 25.7. The van der Waals surface area contributed by atoms with E-state index in [0.29, 0.717) is 18.8 Å². The predicted molar refractivity (Wildman–Crippen MR) is 114 cm³/mol. The maximum Gasteiger partial charge on any atom is 0.187 e. The summed E-state index contributed by atoms with van der Waals surface area (Å²) in [7, 11) is 0. The second kappa shape index (κ2) is 8.92.